The standard InChI is InChI=1S/C13H26N2/c1-4-6-12(5-2)15-8-7-13(11-15)9-14(3)10-13/h12H,4-11H2,1-3H3. The summed E-state index contributed by atoms with van der Waals surface area (Å²) < 4.78 is 0. The van der Waals surface area contributed by atoms with Gasteiger partial charge in [0, 0.05) is 31.1 Å². The molecule has 0 N–H and O–H groups in total. The molecule has 0 bridgehead atoms. The van der Waals surface area contributed by atoms with Crippen LogP contribution in [0.25, 0.3) is 0 Å². The van der Waals surface area contributed by atoms with Crippen molar-refractivity contribution in [3.8, 4) is 0 Å². The third kappa shape index (κ3) is 2.21. The van der Waals surface area contributed by atoms with Crippen LogP contribution in [0.3, 0.4) is 0 Å². The molecule has 2 saturated heterocycles. The van der Waals surface area contributed by atoms with Gasteiger partial charge in [0.05, 0.1) is 0 Å². The molecule has 2 aliphatic rings. The van der Waals surface area contributed by atoms with E-state index in [-0.39, 0.29) is 0 Å². The van der Waals surface area contributed by atoms with E-state index >= 15 is 0 Å². The lowest BCUT2D eigenvalue weighted by molar-refractivity contribution is 0.0256. The van der Waals surface area contributed by atoms with Crippen molar-refractivity contribution in [2.75, 3.05) is 33.2 Å². The molecule has 0 amide bonds. The molecule has 2 nitrogen and oxygen atoms in total. The fourth-order valence-corrected chi connectivity index (χ4v) is 3.62. The van der Waals surface area contributed by atoms with Crippen LogP contribution in [0, 0.1) is 5.41 Å². The van der Waals surface area contributed by atoms with Crippen LogP contribution in [-0.2, 0) is 0 Å². The molecule has 0 aromatic rings. The first kappa shape index (κ1) is 11.4. The zero-order valence-corrected chi connectivity index (χ0v) is 10.6. The average Bonchev–Trinajstić information content (AvgIpc) is 2.58. The Morgan fingerprint density at radius 3 is 2.47 bits per heavy atom. The summed E-state index contributed by atoms with van der Waals surface area (Å²) in [6, 6.07) is 0.861. The largest absolute Gasteiger partial charge is 0.305 e. The summed E-state index contributed by atoms with van der Waals surface area (Å²) in [5.41, 5.74) is 0.690. The molecule has 2 heteroatoms. The molecule has 1 atom stereocenters. The van der Waals surface area contributed by atoms with E-state index in [2.05, 4.69) is 30.7 Å². The van der Waals surface area contributed by atoms with Crippen LogP contribution in [0.15, 0.2) is 0 Å². The molecule has 88 valence electrons. The van der Waals surface area contributed by atoms with Crippen molar-refractivity contribution in [1.82, 2.24) is 9.80 Å². The van der Waals surface area contributed by atoms with Gasteiger partial charge in [0.2, 0.25) is 0 Å². The molecule has 1 spiro atoms. The first-order valence-electron chi connectivity index (χ1n) is 6.62. The lowest BCUT2D eigenvalue weighted by Crippen LogP contribution is -2.55. The third-order valence-electron chi connectivity index (χ3n) is 4.29. The summed E-state index contributed by atoms with van der Waals surface area (Å²) in [5, 5.41) is 0. The van der Waals surface area contributed by atoms with Crippen molar-refractivity contribution in [2.24, 2.45) is 5.41 Å². The van der Waals surface area contributed by atoms with Crippen molar-refractivity contribution in [3.05, 3.63) is 0 Å². The number of rotatable bonds is 4. The van der Waals surface area contributed by atoms with Gasteiger partial charge in [0.15, 0.2) is 0 Å². The number of hydrogen-bond donors (Lipinski definition) is 0. The minimum absolute atomic E-state index is 0.690. The van der Waals surface area contributed by atoms with Crippen LogP contribution >= 0.6 is 0 Å². The molecule has 0 aromatic carbocycles. The molecular weight excluding hydrogens is 184 g/mol. The van der Waals surface area contributed by atoms with E-state index < -0.39 is 0 Å². The Labute approximate surface area is 94.6 Å². The molecule has 1 unspecified atom stereocenters. The first-order chi connectivity index (χ1) is 7.19. The summed E-state index contributed by atoms with van der Waals surface area (Å²) in [5.74, 6) is 0. The highest BCUT2D eigenvalue weighted by Gasteiger charge is 2.46. The van der Waals surface area contributed by atoms with Gasteiger partial charge in [-0.1, -0.05) is 20.3 Å². The van der Waals surface area contributed by atoms with Crippen molar-refractivity contribution in [1.29, 1.82) is 0 Å². The second-order valence-electron chi connectivity index (χ2n) is 5.74. The number of nitrogens with zero attached hydrogens (tertiary/aromatic N) is 2. The predicted molar refractivity (Wildman–Crippen MR) is 65.1 cm³/mol. The lowest BCUT2D eigenvalue weighted by Gasteiger charge is -2.46. The molecular formula is C13H26N2. The third-order valence-corrected chi connectivity index (χ3v) is 4.29. The van der Waals surface area contributed by atoms with Crippen LogP contribution in [0.5, 0.6) is 0 Å². The second kappa shape index (κ2) is 4.42. The van der Waals surface area contributed by atoms with Crippen molar-refractivity contribution < 1.29 is 0 Å². The summed E-state index contributed by atoms with van der Waals surface area (Å²) in [6.45, 7) is 10.1. The van der Waals surface area contributed by atoms with Gasteiger partial charge < -0.3 is 4.90 Å². The van der Waals surface area contributed by atoms with Gasteiger partial charge >= 0.3 is 0 Å². The summed E-state index contributed by atoms with van der Waals surface area (Å²) in [4.78, 5) is 5.22. The minimum Gasteiger partial charge on any atom is -0.305 e. The zero-order chi connectivity index (χ0) is 10.9. The quantitative estimate of drug-likeness (QED) is 0.702. The molecule has 15 heavy (non-hydrogen) atoms. The molecule has 0 aliphatic carbocycles. The van der Waals surface area contributed by atoms with Gasteiger partial charge in [0.1, 0.15) is 0 Å². The minimum atomic E-state index is 0.690. The average molecular weight is 210 g/mol. The van der Waals surface area contributed by atoms with Gasteiger partial charge in [-0.15, -0.1) is 0 Å². The highest BCUT2D eigenvalue weighted by Crippen LogP contribution is 2.39. The number of likely N-dealkylation sites (tertiary alicyclic amines) is 2. The van der Waals surface area contributed by atoms with E-state index in [1.807, 2.05) is 0 Å². The molecule has 0 radical (unpaired) electrons. The first-order valence-corrected chi connectivity index (χ1v) is 6.62. The van der Waals surface area contributed by atoms with Gasteiger partial charge in [-0.05, 0) is 32.9 Å². The van der Waals surface area contributed by atoms with E-state index in [4.69, 9.17) is 0 Å². The van der Waals surface area contributed by atoms with E-state index in [9.17, 15) is 0 Å². The topological polar surface area (TPSA) is 6.48 Å². The van der Waals surface area contributed by atoms with Crippen molar-refractivity contribution >= 4 is 0 Å². The monoisotopic (exact) mass is 210 g/mol. The van der Waals surface area contributed by atoms with Crippen LogP contribution in [0.1, 0.15) is 39.5 Å². The SMILES string of the molecule is CCCC(CC)N1CCC2(CN(C)C2)C1. The Balaban J connectivity index is 1.86. The van der Waals surface area contributed by atoms with Gasteiger partial charge in [-0.2, -0.15) is 0 Å². The van der Waals surface area contributed by atoms with E-state index in [1.54, 1.807) is 0 Å². The maximum Gasteiger partial charge on any atom is 0.00968 e. The van der Waals surface area contributed by atoms with E-state index in [0.29, 0.717) is 5.41 Å². The second-order valence-corrected chi connectivity index (χ2v) is 5.74. The molecule has 2 fully saturated rings. The van der Waals surface area contributed by atoms with Crippen molar-refractivity contribution in [3.63, 3.8) is 0 Å². The molecule has 0 saturated carbocycles. The van der Waals surface area contributed by atoms with Crippen LogP contribution in [0.4, 0.5) is 0 Å². The highest BCUT2D eigenvalue weighted by atomic mass is 15.3. The lowest BCUT2D eigenvalue weighted by atomic mass is 9.79. The summed E-state index contributed by atoms with van der Waals surface area (Å²) in [6.07, 6.45) is 5.50. The van der Waals surface area contributed by atoms with Gasteiger partial charge in [-0.3, -0.25) is 4.90 Å². The predicted octanol–water partition coefficient (Wildman–Crippen LogP) is 2.20. The van der Waals surface area contributed by atoms with Crippen molar-refractivity contribution in [2.45, 2.75) is 45.6 Å². The fraction of sp³-hybridized carbons (Fsp3) is 1.00. The van der Waals surface area contributed by atoms with Crippen LogP contribution in [-0.4, -0.2) is 49.1 Å². The number of hydrogen-bond acceptors (Lipinski definition) is 2. The summed E-state index contributed by atoms with van der Waals surface area (Å²) >= 11 is 0. The van der Waals surface area contributed by atoms with E-state index in [1.165, 1.54) is 51.9 Å². The zero-order valence-electron chi connectivity index (χ0n) is 10.6. The maximum atomic E-state index is 2.76. The Morgan fingerprint density at radius 2 is 1.93 bits per heavy atom. The normalized spacial score (nSPS) is 28.2. The maximum absolute atomic E-state index is 2.76. The molecule has 2 heterocycles. The molecule has 2 aliphatic heterocycles. The van der Waals surface area contributed by atoms with Crippen LogP contribution < -0.4 is 0 Å². The summed E-state index contributed by atoms with van der Waals surface area (Å²) in [7, 11) is 2.25. The smallest absolute Gasteiger partial charge is 0.00968 e. The Hall–Kier alpha value is -0.0800. The van der Waals surface area contributed by atoms with Gasteiger partial charge in [0.25, 0.3) is 0 Å². The Morgan fingerprint density at radius 1 is 1.20 bits per heavy atom. The van der Waals surface area contributed by atoms with E-state index in [0.717, 1.165) is 6.04 Å². The molecule has 0 aromatic heterocycles. The fourth-order valence-electron chi connectivity index (χ4n) is 3.62. The van der Waals surface area contributed by atoms with Crippen LogP contribution in [0.2, 0.25) is 0 Å². The van der Waals surface area contributed by atoms with Gasteiger partial charge in [-0.25, -0.2) is 0 Å². The highest BCUT2D eigenvalue weighted by molar-refractivity contribution is 5.01. The molecule has 2 rings (SSSR count). The Bertz CT molecular complexity index is 209. The Kier molecular flexibility index (Phi) is 3.36.